The molecule has 1 saturated heterocycles. The van der Waals surface area contributed by atoms with Crippen molar-refractivity contribution in [2.75, 3.05) is 19.6 Å². The molecule has 16 heavy (non-hydrogen) atoms. The second-order valence-corrected chi connectivity index (χ2v) is 4.81. The zero-order chi connectivity index (χ0) is 11.4. The van der Waals surface area contributed by atoms with Gasteiger partial charge in [-0.05, 0) is 47.8 Å². The van der Waals surface area contributed by atoms with Crippen LogP contribution in [-0.4, -0.2) is 35.7 Å². The zero-order valence-electron chi connectivity index (χ0n) is 8.92. The SMILES string of the molecule is O=C(NCC1CCCNC1)c1cn[nH]c1Br. The van der Waals surface area contributed by atoms with Crippen molar-refractivity contribution in [3.05, 3.63) is 16.4 Å². The Kier molecular flexibility index (Phi) is 3.95. The van der Waals surface area contributed by atoms with Gasteiger partial charge in [0.25, 0.3) is 5.91 Å². The van der Waals surface area contributed by atoms with Gasteiger partial charge in [-0.15, -0.1) is 0 Å². The summed E-state index contributed by atoms with van der Waals surface area (Å²) >= 11 is 3.24. The van der Waals surface area contributed by atoms with Crippen molar-refractivity contribution in [3.8, 4) is 0 Å². The van der Waals surface area contributed by atoms with Gasteiger partial charge in [0.15, 0.2) is 0 Å². The number of aromatic nitrogens is 2. The fraction of sp³-hybridized carbons (Fsp3) is 0.600. The van der Waals surface area contributed by atoms with E-state index in [1.54, 1.807) is 0 Å². The van der Waals surface area contributed by atoms with Crippen molar-refractivity contribution in [2.45, 2.75) is 12.8 Å². The standard InChI is InChI=1S/C10H15BrN4O/c11-9-8(6-14-15-9)10(16)13-5-7-2-1-3-12-4-7/h6-7,12H,1-5H2,(H,13,16)(H,14,15). The Morgan fingerprint density at radius 1 is 1.69 bits per heavy atom. The first-order valence-electron chi connectivity index (χ1n) is 5.45. The summed E-state index contributed by atoms with van der Waals surface area (Å²) in [5.74, 6) is 0.467. The number of nitrogens with one attached hydrogen (secondary N) is 3. The third-order valence-electron chi connectivity index (χ3n) is 2.79. The maximum absolute atomic E-state index is 11.7. The second-order valence-electron chi connectivity index (χ2n) is 4.02. The van der Waals surface area contributed by atoms with Crippen molar-refractivity contribution in [2.24, 2.45) is 5.92 Å². The van der Waals surface area contributed by atoms with E-state index in [4.69, 9.17) is 0 Å². The van der Waals surface area contributed by atoms with Crippen LogP contribution in [-0.2, 0) is 0 Å². The van der Waals surface area contributed by atoms with Crippen molar-refractivity contribution in [1.82, 2.24) is 20.8 Å². The molecule has 1 aliphatic heterocycles. The molecule has 0 bridgehead atoms. The Hall–Kier alpha value is -0.880. The van der Waals surface area contributed by atoms with Crippen LogP contribution in [0.2, 0.25) is 0 Å². The van der Waals surface area contributed by atoms with Crippen LogP contribution in [0.3, 0.4) is 0 Å². The molecule has 88 valence electrons. The molecule has 0 spiro atoms. The molecule has 2 heterocycles. The van der Waals surface area contributed by atoms with Gasteiger partial charge in [0.1, 0.15) is 4.60 Å². The summed E-state index contributed by atoms with van der Waals surface area (Å²) in [6.07, 6.45) is 3.90. The molecule has 1 amide bonds. The fourth-order valence-electron chi connectivity index (χ4n) is 1.86. The molecule has 0 aromatic carbocycles. The van der Waals surface area contributed by atoms with Gasteiger partial charge in [-0.1, -0.05) is 0 Å². The highest BCUT2D eigenvalue weighted by Crippen LogP contribution is 2.12. The summed E-state index contributed by atoms with van der Waals surface area (Å²) < 4.78 is 0.631. The molecule has 1 aromatic rings. The Morgan fingerprint density at radius 2 is 2.56 bits per heavy atom. The van der Waals surface area contributed by atoms with Crippen molar-refractivity contribution >= 4 is 21.8 Å². The molecular formula is C10H15BrN4O. The highest BCUT2D eigenvalue weighted by atomic mass is 79.9. The van der Waals surface area contributed by atoms with Crippen molar-refractivity contribution in [1.29, 1.82) is 0 Å². The van der Waals surface area contributed by atoms with Gasteiger partial charge >= 0.3 is 0 Å². The molecule has 0 saturated carbocycles. The lowest BCUT2D eigenvalue weighted by atomic mass is 10.00. The molecule has 2 rings (SSSR count). The van der Waals surface area contributed by atoms with E-state index in [9.17, 15) is 4.79 Å². The molecule has 6 heteroatoms. The highest BCUT2D eigenvalue weighted by molar-refractivity contribution is 9.10. The molecule has 1 aliphatic rings. The Morgan fingerprint density at radius 3 is 3.19 bits per heavy atom. The van der Waals surface area contributed by atoms with Crippen LogP contribution in [0.25, 0.3) is 0 Å². The molecule has 1 fully saturated rings. The Labute approximate surface area is 103 Å². The monoisotopic (exact) mass is 286 g/mol. The number of carbonyl (C=O) groups is 1. The number of nitrogens with zero attached hydrogens (tertiary/aromatic N) is 1. The average Bonchev–Trinajstić information content (AvgIpc) is 2.74. The maximum atomic E-state index is 11.7. The van der Waals surface area contributed by atoms with E-state index in [0.29, 0.717) is 16.1 Å². The normalized spacial score (nSPS) is 20.7. The number of amides is 1. The first-order chi connectivity index (χ1) is 7.77. The quantitative estimate of drug-likeness (QED) is 0.773. The predicted octanol–water partition coefficient (Wildman–Crippen LogP) is 0.902. The van der Waals surface area contributed by atoms with E-state index in [0.717, 1.165) is 19.6 Å². The molecule has 3 N–H and O–H groups in total. The van der Waals surface area contributed by atoms with E-state index in [2.05, 4.69) is 36.8 Å². The predicted molar refractivity (Wildman–Crippen MR) is 64.2 cm³/mol. The van der Waals surface area contributed by atoms with Crippen LogP contribution in [0.1, 0.15) is 23.2 Å². The second kappa shape index (κ2) is 5.45. The molecule has 0 radical (unpaired) electrons. The fourth-order valence-corrected chi connectivity index (χ4v) is 2.24. The Balaban J connectivity index is 1.81. The summed E-state index contributed by atoms with van der Waals surface area (Å²) in [7, 11) is 0. The number of piperidine rings is 1. The minimum atomic E-state index is -0.0776. The molecule has 1 aromatic heterocycles. The summed E-state index contributed by atoms with van der Waals surface area (Å²) in [4.78, 5) is 11.7. The first kappa shape index (κ1) is 11.6. The van der Waals surface area contributed by atoms with E-state index in [1.165, 1.54) is 19.0 Å². The number of halogens is 1. The van der Waals surface area contributed by atoms with Gasteiger partial charge in [-0.3, -0.25) is 9.89 Å². The third kappa shape index (κ3) is 2.82. The summed E-state index contributed by atoms with van der Waals surface area (Å²) in [6.45, 7) is 2.81. The lowest BCUT2D eigenvalue weighted by molar-refractivity contribution is 0.0944. The van der Waals surface area contributed by atoms with Gasteiger partial charge < -0.3 is 10.6 Å². The minimum absolute atomic E-state index is 0.0776. The summed E-state index contributed by atoms with van der Waals surface area (Å²) in [5, 5.41) is 12.7. The van der Waals surface area contributed by atoms with Crippen molar-refractivity contribution < 1.29 is 4.79 Å². The van der Waals surface area contributed by atoms with Crippen LogP contribution in [0, 0.1) is 5.92 Å². The lowest BCUT2D eigenvalue weighted by Crippen LogP contribution is -2.38. The largest absolute Gasteiger partial charge is 0.352 e. The molecule has 1 unspecified atom stereocenters. The first-order valence-corrected chi connectivity index (χ1v) is 6.24. The minimum Gasteiger partial charge on any atom is -0.352 e. The Bertz CT molecular complexity index is 359. The van der Waals surface area contributed by atoms with Gasteiger partial charge in [0.2, 0.25) is 0 Å². The molecule has 5 nitrogen and oxygen atoms in total. The zero-order valence-corrected chi connectivity index (χ0v) is 10.5. The number of carbonyl (C=O) groups excluding carboxylic acids is 1. The number of H-pyrrole nitrogens is 1. The van der Waals surface area contributed by atoms with E-state index >= 15 is 0 Å². The summed E-state index contributed by atoms with van der Waals surface area (Å²) in [5.41, 5.74) is 0.559. The number of hydrogen-bond acceptors (Lipinski definition) is 3. The van der Waals surface area contributed by atoms with Gasteiger partial charge in [0, 0.05) is 6.54 Å². The third-order valence-corrected chi connectivity index (χ3v) is 3.39. The van der Waals surface area contributed by atoms with Crippen molar-refractivity contribution in [3.63, 3.8) is 0 Å². The van der Waals surface area contributed by atoms with Gasteiger partial charge in [-0.2, -0.15) is 5.10 Å². The average molecular weight is 287 g/mol. The van der Waals surface area contributed by atoms with Crippen LogP contribution >= 0.6 is 15.9 Å². The number of aromatic amines is 1. The van der Waals surface area contributed by atoms with Gasteiger partial charge in [-0.25, -0.2) is 0 Å². The van der Waals surface area contributed by atoms with Crippen LogP contribution in [0.4, 0.5) is 0 Å². The van der Waals surface area contributed by atoms with Gasteiger partial charge in [0.05, 0.1) is 11.8 Å². The van der Waals surface area contributed by atoms with Crippen LogP contribution < -0.4 is 10.6 Å². The van der Waals surface area contributed by atoms with Crippen LogP contribution in [0.15, 0.2) is 10.8 Å². The smallest absolute Gasteiger partial charge is 0.255 e. The number of hydrogen-bond donors (Lipinski definition) is 3. The van der Waals surface area contributed by atoms with E-state index < -0.39 is 0 Å². The van der Waals surface area contributed by atoms with E-state index in [-0.39, 0.29) is 5.91 Å². The highest BCUT2D eigenvalue weighted by Gasteiger charge is 2.16. The molecule has 1 atom stereocenters. The number of rotatable bonds is 3. The maximum Gasteiger partial charge on any atom is 0.255 e. The topological polar surface area (TPSA) is 69.8 Å². The van der Waals surface area contributed by atoms with Crippen LogP contribution in [0.5, 0.6) is 0 Å². The van der Waals surface area contributed by atoms with E-state index in [1.807, 2.05) is 0 Å². The summed E-state index contributed by atoms with van der Waals surface area (Å²) in [6, 6.07) is 0. The molecular weight excluding hydrogens is 272 g/mol. The molecule has 0 aliphatic carbocycles. The lowest BCUT2D eigenvalue weighted by Gasteiger charge is -2.22.